The Kier molecular flexibility index (Phi) is 7.23. The van der Waals surface area contributed by atoms with Gasteiger partial charge in [0.1, 0.15) is 0 Å². The van der Waals surface area contributed by atoms with Gasteiger partial charge in [-0.15, -0.1) is 0 Å². The summed E-state index contributed by atoms with van der Waals surface area (Å²) in [6.07, 6.45) is 0.203. The van der Waals surface area contributed by atoms with Crippen LogP contribution in [-0.4, -0.2) is 57.2 Å². The first-order chi connectivity index (χ1) is 18.5. The summed E-state index contributed by atoms with van der Waals surface area (Å²) in [5.74, 6) is 8.33. The third-order valence-corrected chi connectivity index (χ3v) is 7.15. The summed E-state index contributed by atoms with van der Waals surface area (Å²) in [5, 5.41) is 3.14. The van der Waals surface area contributed by atoms with Gasteiger partial charge in [-0.2, -0.15) is 0 Å². The van der Waals surface area contributed by atoms with Gasteiger partial charge in [0, 0.05) is 47.7 Å². The lowest BCUT2D eigenvalue weighted by atomic mass is 10.1. The Balaban J connectivity index is 1.13. The number of hydrogen-bond acceptors (Lipinski definition) is 5. The van der Waals surface area contributed by atoms with E-state index in [0.717, 1.165) is 16.7 Å². The Bertz CT molecular complexity index is 1350. The second kappa shape index (κ2) is 10.9. The average molecular weight is 511 g/mol. The molecule has 3 atom stereocenters. The Morgan fingerprint density at radius 1 is 0.842 bits per heavy atom. The average Bonchev–Trinajstić information content (AvgIpc) is 3.37. The molecule has 2 aliphatic rings. The van der Waals surface area contributed by atoms with E-state index in [1.807, 2.05) is 59.5 Å². The number of likely N-dealkylation sites (tertiary alicyclic amines) is 1. The van der Waals surface area contributed by atoms with Gasteiger partial charge >= 0.3 is 0 Å². The lowest BCUT2D eigenvalue weighted by Crippen LogP contribution is -2.37. The molecule has 194 valence electrons. The van der Waals surface area contributed by atoms with Crippen molar-refractivity contribution < 1.29 is 23.8 Å². The number of rotatable bonds is 7. The largest absolute Gasteiger partial charge is 0.493 e. The Morgan fingerprint density at radius 2 is 1.42 bits per heavy atom. The topological polar surface area (TPSA) is 77.1 Å². The van der Waals surface area contributed by atoms with Crippen LogP contribution in [0.15, 0.2) is 66.7 Å². The zero-order valence-corrected chi connectivity index (χ0v) is 21.7. The summed E-state index contributed by atoms with van der Waals surface area (Å²) in [5.41, 5.74) is 3.25. The number of nitrogens with zero attached hydrogens (tertiary/aromatic N) is 1. The van der Waals surface area contributed by atoms with Crippen LogP contribution in [-0.2, 0) is 11.2 Å². The molecule has 7 heteroatoms. The molecule has 0 spiro atoms. The normalized spacial score (nSPS) is 19.0. The Morgan fingerprint density at radius 3 is 1.97 bits per heavy atom. The second-order valence-corrected chi connectivity index (χ2v) is 9.53. The van der Waals surface area contributed by atoms with Crippen LogP contribution in [0.25, 0.3) is 0 Å². The molecule has 5 rings (SSSR count). The van der Waals surface area contributed by atoms with Crippen LogP contribution in [0.5, 0.6) is 17.2 Å². The number of carbonyl (C=O) groups is 2. The minimum Gasteiger partial charge on any atom is -0.493 e. The molecule has 2 fully saturated rings. The molecule has 7 nitrogen and oxygen atoms in total. The van der Waals surface area contributed by atoms with Crippen LogP contribution < -0.4 is 19.5 Å². The third kappa shape index (κ3) is 5.30. The number of hydrogen-bond donors (Lipinski definition) is 1. The number of carbonyl (C=O) groups excluding carboxylic acids is 2. The molecular weight excluding hydrogens is 480 g/mol. The van der Waals surface area contributed by atoms with E-state index in [9.17, 15) is 9.59 Å². The van der Waals surface area contributed by atoms with Gasteiger partial charge in [0.2, 0.25) is 11.7 Å². The summed E-state index contributed by atoms with van der Waals surface area (Å²) in [4.78, 5) is 27.6. The van der Waals surface area contributed by atoms with Gasteiger partial charge < -0.3 is 24.4 Å². The van der Waals surface area contributed by atoms with Crippen molar-refractivity contribution in [1.82, 2.24) is 10.2 Å². The zero-order chi connectivity index (χ0) is 26.6. The molecule has 38 heavy (non-hydrogen) atoms. The first kappa shape index (κ1) is 25.2. The Labute approximate surface area is 222 Å². The summed E-state index contributed by atoms with van der Waals surface area (Å²) in [6.45, 7) is 1.29. The van der Waals surface area contributed by atoms with Crippen molar-refractivity contribution in [3.8, 4) is 29.1 Å². The van der Waals surface area contributed by atoms with Crippen molar-refractivity contribution in [2.75, 3.05) is 34.4 Å². The predicted molar refractivity (Wildman–Crippen MR) is 143 cm³/mol. The van der Waals surface area contributed by atoms with E-state index in [0.29, 0.717) is 47.7 Å². The van der Waals surface area contributed by atoms with E-state index in [-0.39, 0.29) is 24.3 Å². The molecule has 3 aromatic carbocycles. The third-order valence-electron chi connectivity index (χ3n) is 7.15. The summed E-state index contributed by atoms with van der Waals surface area (Å²) in [6, 6.07) is 20.9. The highest BCUT2D eigenvalue weighted by Crippen LogP contribution is 2.46. The van der Waals surface area contributed by atoms with Gasteiger partial charge in [-0.1, -0.05) is 30.0 Å². The van der Waals surface area contributed by atoms with Crippen LogP contribution in [0.2, 0.25) is 0 Å². The van der Waals surface area contributed by atoms with Crippen LogP contribution in [0.3, 0.4) is 0 Å². The van der Waals surface area contributed by atoms with Gasteiger partial charge in [-0.3, -0.25) is 9.59 Å². The molecule has 0 aromatic heterocycles. The predicted octanol–water partition coefficient (Wildman–Crippen LogP) is 3.54. The van der Waals surface area contributed by atoms with E-state index in [1.54, 1.807) is 33.5 Å². The molecule has 1 aliphatic heterocycles. The van der Waals surface area contributed by atoms with Crippen LogP contribution in [0, 0.1) is 23.7 Å². The lowest BCUT2D eigenvalue weighted by molar-refractivity contribution is -0.120. The highest BCUT2D eigenvalue weighted by atomic mass is 16.5. The lowest BCUT2D eigenvalue weighted by Gasteiger charge is -2.20. The van der Waals surface area contributed by atoms with Gasteiger partial charge in [-0.05, 0) is 54.1 Å². The molecule has 3 aromatic rings. The number of methoxy groups -OCH3 is 3. The molecular formula is C31H30N2O5. The second-order valence-electron chi connectivity index (χ2n) is 9.53. The van der Waals surface area contributed by atoms with Crippen LogP contribution in [0.1, 0.15) is 27.0 Å². The maximum atomic E-state index is 13.0. The number of nitrogens with one attached hydrogen (secondary N) is 1. The molecule has 1 saturated carbocycles. The standard InChI is InChI=1S/C31H30N2O5/c1-36-26-15-22(16-27(37-2)30(26)38-3)17-28(34)32-29-24-18-33(19-25(24)29)31(35)23-13-11-21(12-14-23)10-9-20-7-5-4-6-8-20/h4-8,11-16,24-25,29H,17-19H2,1-3H3,(H,32,34)/t24-,25+,29?. The SMILES string of the molecule is COc1cc(CC(=O)NC2[C@H]3CN(C(=O)c4ccc(C#Cc5ccccc5)cc4)C[C@@H]23)cc(OC)c1OC. The molecule has 1 heterocycles. The molecule has 1 N–H and O–H groups in total. The Hall–Kier alpha value is -4.44. The number of piperidine rings is 1. The molecule has 0 bridgehead atoms. The van der Waals surface area contributed by atoms with Crippen molar-refractivity contribution in [3.63, 3.8) is 0 Å². The zero-order valence-electron chi connectivity index (χ0n) is 21.7. The van der Waals surface area contributed by atoms with Gasteiger partial charge in [-0.25, -0.2) is 0 Å². The quantitative estimate of drug-likeness (QED) is 0.492. The minimum absolute atomic E-state index is 0.0160. The fourth-order valence-electron chi connectivity index (χ4n) is 5.11. The summed E-state index contributed by atoms with van der Waals surface area (Å²) < 4.78 is 16.1. The monoisotopic (exact) mass is 510 g/mol. The number of fused-ring (bicyclic) bond motifs is 1. The number of amides is 2. The van der Waals surface area contributed by atoms with Crippen LogP contribution in [0.4, 0.5) is 0 Å². The maximum absolute atomic E-state index is 13.0. The van der Waals surface area contributed by atoms with Crippen molar-refractivity contribution in [1.29, 1.82) is 0 Å². The smallest absolute Gasteiger partial charge is 0.253 e. The molecule has 1 unspecified atom stereocenters. The van der Waals surface area contributed by atoms with Crippen molar-refractivity contribution in [3.05, 3.63) is 89.0 Å². The minimum atomic E-state index is -0.0660. The van der Waals surface area contributed by atoms with E-state index in [2.05, 4.69) is 17.2 Å². The fraction of sp³-hybridized carbons (Fsp3) is 0.290. The van der Waals surface area contributed by atoms with E-state index < -0.39 is 0 Å². The van der Waals surface area contributed by atoms with E-state index >= 15 is 0 Å². The maximum Gasteiger partial charge on any atom is 0.253 e. The summed E-state index contributed by atoms with van der Waals surface area (Å²) >= 11 is 0. The van der Waals surface area contributed by atoms with E-state index in [4.69, 9.17) is 14.2 Å². The fourth-order valence-corrected chi connectivity index (χ4v) is 5.11. The van der Waals surface area contributed by atoms with E-state index in [1.165, 1.54) is 0 Å². The van der Waals surface area contributed by atoms with Crippen molar-refractivity contribution in [2.24, 2.45) is 11.8 Å². The summed E-state index contributed by atoms with van der Waals surface area (Å²) in [7, 11) is 4.64. The molecule has 0 radical (unpaired) electrons. The highest BCUT2D eigenvalue weighted by molar-refractivity contribution is 5.94. The molecule has 2 amide bonds. The highest BCUT2D eigenvalue weighted by Gasteiger charge is 2.57. The number of ether oxygens (including phenoxy) is 3. The van der Waals surface area contributed by atoms with Crippen molar-refractivity contribution >= 4 is 11.8 Å². The first-order valence-corrected chi connectivity index (χ1v) is 12.6. The first-order valence-electron chi connectivity index (χ1n) is 12.6. The van der Waals surface area contributed by atoms with Gasteiger partial charge in [0.25, 0.3) is 5.91 Å². The molecule has 1 aliphatic carbocycles. The van der Waals surface area contributed by atoms with Gasteiger partial charge in [0.15, 0.2) is 11.5 Å². The number of benzene rings is 3. The van der Waals surface area contributed by atoms with Gasteiger partial charge in [0.05, 0.1) is 27.8 Å². The molecule has 1 saturated heterocycles. The van der Waals surface area contributed by atoms with Crippen molar-refractivity contribution in [2.45, 2.75) is 12.5 Å². The van der Waals surface area contributed by atoms with Crippen LogP contribution >= 0.6 is 0 Å².